The monoisotopic (exact) mass is 174 g/mol. The molecular formula is C7H8ClFSi. The van der Waals surface area contributed by atoms with Crippen molar-refractivity contribution in [2.75, 3.05) is 0 Å². The molecule has 0 nitrogen and oxygen atoms in total. The average molecular weight is 175 g/mol. The van der Waals surface area contributed by atoms with E-state index in [0.717, 1.165) is 21.9 Å². The Kier molecular flexibility index (Phi) is 2.46. The first-order valence-corrected chi connectivity index (χ1v) is 4.97. The second kappa shape index (κ2) is 3.17. The van der Waals surface area contributed by atoms with Gasteiger partial charge in [-0.15, -0.1) is 0 Å². The van der Waals surface area contributed by atoms with Gasteiger partial charge in [0.25, 0.3) is 0 Å². The molecule has 0 bridgehead atoms. The largest absolute Gasteiger partial charge is 0.207 e. The molecule has 0 aliphatic carbocycles. The number of hydrogen-bond donors (Lipinski definition) is 0. The molecule has 10 heavy (non-hydrogen) atoms. The van der Waals surface area contributed by atoms with Crippen LogP contribution >= 0.6 is 11.6 Å². The highest BCUT2D eigenvalue weighted by Gasteiger charge is 1.98. The van der Waals surface area contributed by atoms with Gasteiger partial charge >= 0.3 is 0 Å². The molecular weight excluding hydrogens is 167 g/mol. The summed E-state index contributed by atoms with van der Waals surface area (Å²) >= 11 is 5.64. The van der Waals surface area contributed by atoms with E-state index < -0.39 is 0 Å². The van der Waals surface area contributed by atoms with Crippen LogP contribution in [0.3, 0.4) is 0 Å². The SMILES string of the molecule is Fc1ccc(Cl)cc1C[SiH3]. The molecule has 0 saturated heterocycles. The third-order valence-corrected chi connectivity index (χ3v) is 2.39. The molecule has 0 aliphatic rings. The summed E-state index contributed by atoms with van der Waals surface area (Å²) in [6.07, 6.45) is 0. The summed E-state index contributed by atoms with van der Waals surface area (Å²) in [7, 11) is 0.974. The van der Waals surface area contributed by atoms with Crippen LogP contribution < -0.4 is 0 Å². The number of hydrogen-bond acceptors (Lipinski definition) is 0. The number of benzene rings is 1. The van der Waals surface area contributed by atoms with E-state index in [1.807, 2.05) is 0 Å². The van der Waals surface area contributed by atoms with Crippen LogP contribution in [0.15, 0.2) is 18.2 Å². The molecule has 0 unspecified atom stereocenters. The summed E-state index contributed by atoms with van der Waals surface area (Å²) in [5.41, 5.74) is 0.735. The highest BCUT2D eigenvalue weighted by molar-refractivity contribution is 6.30. The molecule has 0 N–H and O–H groups in total. The highest BCUT2D eigenvalue weighted by atomic mass is 35.5. The van der Waals surface area contributed by atoms with Gasteiger partial charge in [0, 0.05) is 15.3 Å². The van der Waals surface area contributed by atoms with Crippen LogP contribution in [-0.4, -0.2) is 10.2 Å². The molecule has 0 radical (unpaired) electrons. The molecule has 0 heterocycles. The van der Waals surface area contributed by atoms with Crippen LogP contribution in [0.4, 0.5) is 4.39 Å². The lowest BCUT2D eigenvalue weighted by atomic mass is 10.2. The van der Waals surface area contributed by atoms with Gasteiger partial charge in [-0.25, -0.2) is 4.39 Å². The average Bonchev–Trinajstić information content (AvgIpc) is 1.94. The van der Waals surface area contributed by atoms with Crippen LogP contribution in [0.5, 0.6) is 0 Å². The van der Waals surface area contributed by atoms with Crippen molar-refractivity contribution in [3.05, 3.63) is 34.6 Å². The maximum absolute atomic E-state index is 12.7. The van der Waals surface area contributed by atoms with Crippen LogP contribution in [0, 0.1) is 5.82 Å². The van der Waals surface area contributed by atoms with E-state index in [1.165, 1.54) is 6.07 Å². The molecule has 0 atom stereocenters. The van der Waals surface area contributed by atoms with Crippen LogP contribution in [0.25, 0.3) is 0 Å². The summed E-state index contributed by atoms with van der Waals surface area (Å²) in [5, 5.41) is 0.618. The predicted octanol–water partition coefficient (Wildman–Crippen LogP) is 1.34. The van der Waals surface area contributed by atoms with Gasteiger partial charge in [0.05, 0.1) is 0 Å². The molecule has 0 amide bonds. The van der Waals surface area contributed by atoms with Crippen molar-refractivity contribution in [1.29, 1.82) is 0 Å². The second-order valence-electron chi connectivity index (χ2n) is 2.09. The Balaban J connectivity index is 3.09. The number of halogens is 2. The first kappa shape index (κ1) is 7.76. The van der Waals surface area contributed by atoms with Crippen molar-refractivity contribution < 1.29 is 4.39 Å². The maximum atomic E-state index is 12.7. The standard InChI is InChI=1S/C7H8ClFSi/c8-6-1-2-7(9)5(3-6)4-10/h1-3H,4H2,10H3. The van der Waals surface area contributed by atoms with E-state index in [0.29, 0.717) is 5.02 Å². The van der Waals surface area contributed by atoms with Gasteiger partial charge in [0.1, 0.15) is 5.82 Å². The summed E-state index contributed by atoms with van der Waals surface area (Å²) in [5.74, 6) is -0.139. The lowest BCUT2D eigenvalue weighted by molar-refractivity contribution is 0.617. The molecule has 54 valence electrons. The van der Waals surface area contributed by atoms with Crippen LogP contribution in [0.2, 0.25) is 5.02 Å². The Morgan fingerprint density at radius 1 is 1.50 bits per heavy atom. The van der Waals surface area contributed by atoms with Crippen molar-refractivity contribution in [3.8, 4) is 0 Å². The molecule has 0 aromatic heterocycles. The smallest absolute Gasteiger partial charge is 0.126 e. The van der Waals surface area contributed by atoms with Gasteiger partial charge < -0.3 is 0 Å². The quantitative estimate of drug-likeness (QED) is 0.564. The van der Waals surface area contributed by atoms with Crippen LogP contribution in [0.1, 0.15) is 5.56 Å². The van der Waals surface area contributed by atoms with Crippen molar-refractivity contribution in [3.63, 3.8) is 0 Å². The van der Waals surface area contributed by atoms with Gasteiger partial charge in [-0.05, 0) is 29.8 Å². The van der Waals surface area contributed by atoms with Gasteiger partial charge in [0.15, 0.2) is 0 Å². The lowest BCUT2D eigenvalue weighted by Gasteiger charge is -1.97. The Hall–Kier alpha value is -0.343. The highest BCUT2D eigenvalue weighted by Crippen LogP contribution is 2.13. The van der Waals surface area contributed by atoms with E-state index in [-0.39, 0.29) is 5.82 Å². The van der Waals surface area contributed by atoms with Gasteiger partial charge in [-0.2, -0.15) is 0 Å². The summed E-state index contributed by atoms with van der Waals surface area (Å²) in [6, 6.07) is 5.49. The first-order valence-electron chi connectivity index (χ1n) is 3.18. The van der Waals surface area contributed by atoms with Gasteiger partial charge in [-0.3, -0.25) is 0 Å². The lowest BCUT2D eigenvalue weighted by Crippen LogP contribution is -1.88. The van der Waals surface area contributed by atoms with E-state index in [4.69, 9.17) is 11.6 Å². The van der Waals surface area contributed by atoms with Crippen molar-refractivity contribution in [2.45, 2.75) is 6.04 Å². The van der Waals surface area contributed by atoms with Crippen LogP contribution in [-0.2, 0) is 6.04 Å². The second-order valence-corrected chi connectivity index (χ2v) is 3.23. The minimum atomic E-state index is -0.139. The maximum Gasteiger partial charge on any atom is 0.126 e. The Labute approximate surface area is 67.4 Å². The molecule has 1 aromatic rings. The topological polar surface area (TPSA) is 0 Å². The molecule has 1 rings (SSSR count). The summed E-state index contributed by atoms with van der Waals surface area (Å²) < 4.78 is 12.7. The third-order valence-electron chi connectivity index (χ3n) is 1.39. The minimum Gasteiger partial charge on any atom is -0.207 e. The Bertz CT molecular complexity index is 237. The van der Waals surface area contributed by atoms with Gasteiger partial charge in [-0.1, -0.05) is 11.6 Å². The minimum absolute atomic E-state index is 0.139. The van der Waals surface area contributed by atoms with Gasteiger partial charge in [0.2, 0.25) is 0 Å². The molecule has 0 fully saturated rings. The summed E-state index contributed by atoms with van der Waals surface area (Å²) in [6.45, 7) is 0. The van der Waals surface area contributed by atoms with E-state index in [2.05, 4.69) is 0 Å². The molecule has 0 aliphatic heterocycles. The normalized spacial score (nSPS) is 10.2. The molecule has 1 aromatic carbocycles. The van der Waals surface area contributed by atoms with Crippen molar-refractivity contribution in [1.82, 2.24) is 0 Å². The zero-order chi connectivity index (χ0) is 7.56. The zero-order valence-electron chi connectivity index (χ0n) is 5.70. The fraction of sp³-hybridized carbons (Fsp3) is 0.143. The van der Waals surface area contributed by atoms with Crippen molar-refractivity contribution in [2.24, 2.45) is 0 Å². The van der Waals surface area contributed by atoms with E-state index in [1.54, 1.807) is 12.1 Å². The number of rotatable bonds is 1. The third kappa shape index (κ3) is 1.58. The fourth-order valence-electron chi connectivity index (χ4n) is 0.814. The molecule has 0 spiro atoms. The molecule has 0 saturated carbocycles. The van der Waals surface area contributed by atoms with E-state index in [9.17, 15) is 4.39 Å². The van der Waals surface area contributed by atoms with E-state index >= 15 is 0 Å². The Morgan fingerprint density at radius 3 is 2.70 bits per heavy atom. The Morgan fingerprint density at radius 2 is 2.20 bits per heavy atom. The summed E-state index contributed by atoms with van der Waals surface area (Å²) in [4.78, 5) is 0. The van der Waals surface area contributed by atoms with Crippen molar-refractivity contribution >= 4 is 21.8 Å². The predicted molar refractivity (Wildman–Crippen MR) is 45.1 cm³/mol. The zero-order valence-corrected chi connectivity index (χ0v) is 8.45. The molecule has 3 heteroatoms. The first-order chi connectivity index (χ1) is 4.74. The fourth-order valence-corrected chi connectivity index (χ4v) is 1.55.